The van der Waals surface area contributed by atoms with E-state index in [0.717, 1.165) is 11.1 Å². The Morgan fingerprint density at radius 2 is 1.83 bits per heavy atom. The van der Waals surface area contributed by atoms with Crippen LogP contribution in [0.5, 0.6) is 0 Å². The molecule has 0 saturated heterocycles. The van der Waals surface area contributed by atoms with E-state index in [1.54, 1.807) is 18.5 Å². The second-order valence-electron chi connectivity index (χ2n) is 7.32. The molecule has 1 fully saturated rings. The Labute approximate surface area is 174 Å². The van der Waals surface area contributed by atoms with Crippen molar-refractivity contribution in [1.82, 2.24) is 9.97 Å². The van der Waals surface area contributed by atoms with Gasteiger partial charge in [0.1, 0.15) is 5.82 Å². The molecule has 0 radical (unpaired) electrons. The van der Waals surface area contributed by atoms with Gasteiger partial charge in [-0.25, -0.2) is 4.98 Å². The van der Waals surface area contributed by atoms with Crippen LogP contribution in [-0.4, -0.2) is 33.0 Å². The van der Waals surface area contributed by atoms with Crippen LogP contribution in [0.15, 0.2) is 67.1 Å². The van der Waals surface area contributed by atoms with Gasteiger partial charge in [0.2, 0.25) is 5.91 Å². The number of aliphatic hydroxyl groups is 1. The van der Waals surface area contributed by atoms with Crippen LogP contribution in [0, 0.1) is 5.92 Å². The van der Waals surface area contributed by atoms with E-state index in [-0.39, 0.29) is 17.7 Å². The van der Waals surface area contributed by atoms with Crippen molar-refractivity contribution in [1.29, 1.82) is 0 Å². The smallest absolute Gasteiger partial charge is 0.255 e. The molecule has 3 aromatic rings. The van der Waals surface area contributed by atoms with E-state index in [2.05, 4.69) is 20.6 Å². The number of nitrogens with zero attached hydrogens (tertiary/aromatic N) is 2. The normalized spacial score (nSPS) is 18.0. The SMILES string of the molecule is O=C(Nc1cnccc1-c1ccccc1)c1ccnc(NC(=O)C2CC[C@@H](O)C2)c1. The molecule has 3 N–H and O–H groups in total. The number of carbonyl (C=O) groups excluding carboxylic acids is 2. The molecule has 1 aromatic carbocycles. The molecule has 0 spiro atoms. The summed E-state index contributed by atoms with van der Waals surface area (Å²) in [4.78, 5) is 33.4. The second kappa shape index (κ2) is 8.84. The van der Waals surface area contributed by atoms with Crippen LogP contribution in [0.3, 0.4) is 0 Å². The first-order valence-corrected chi connectivity index (χ1v) is 9.86. The Bertz CT molecular complexity index is 1060. The average molecular weight is 402 g/mol. The monoisotopic (exact) mass is 402 g/mol. The lowest BCUT2D eigenvalue weighted by atomic mass is 10.1. The standard InChI is InChI=1S/C23H22N4O3/c28-18-7-6-16(12-18)23(30)27-21-13-17(8-11-25-21)22(29)26-20-14-24-10-9-19(20)15-4-2-1-3-5-15/h1-5,8-11,13-14,16,18,28H,6-7,12H2,(H,26,29)(H,25,27,30)/t16?,18-/m1/s1. The summed E-state index contributed by atoms with van der Waals surface area (Å²) < 4.78 is 0. The van der Waals surface area contributed by atoms with Gasteiger partial charge in [-0.1, -0.05) is 30.3 Å². The highest BCUT2D eigenvalue weighted by Crippen LogP contribution is 2.28. The summed E-state index contributed by atoms with van der Waals surface area (Å²) in [6.45, 7) is 0. The lowest BCUT2D eigenvalue weighted by molar-refractivity contribution is -0.119. The highest BCUT2D eigenvalue weighted by molar-refractivity contribution is 6.06. The Morgan fingerprint density at radius 1 is 1.00 bits per heavy atom. The minimum Gasteiger partial charge on any atom is -0.393 e. The fraction of sp³-hybridized carbons (Fsp3) is 0.217. The molecule has 4 rings (SSSR count). The highest BCUT2D eigenvalue weighted by Gasteiger charge is 2.28. The Balaban J connectivity index is 1.49. The summed E-state index contributed by atoms with van der Waals surface area (Å²) in [5.74, 6) is -0.434. The fourth-order valence-electron chi connectivity index (χ4n) is 3.62. The van der Waals surface area contributed by atoms with E-state index >= 15 is 0 Å². The van der Waals surface area contributed by atoms with Gasteiger partial charge < -0.3 is 15.7 Å². The third-order valence-electron chi connectivity index (χ3n) is 5.20. The molecule has 7 nitrogen and oxygen atoms in total. The van der Waals surface area contributed by atoms with Crippen LogP contribution in [0.2, 0.25) is 0 Å². The quantitative estimate of drug-likeness (QED) is 0.606. The van der Waals surface area contributed by atoms with Crippen molar-refractivity contribution in [3.63, 3.8) is 0 Å². The lowest BCUT2D eigenvalue weighted by Crippen LogP contribution is -2.22. The minimum absolute atomic E-state index is 0.185. The molecule has 1 unspecified atom stereocenters. The molecule has 2 amide bonds. The van der Waals surface area contributed by atoms with E-state index in [9.17, 15) is 14.7 Å². The van der Waals surface area contributed by atoms with E-state index in [1.165, 1.54) is 12.3 Å². The van der Waals surface area contributed by atoms with Gasteiger partial charge in [-0.2, -0.15) is 0 Å². The number of hydrogen-bond donors (Lipinski definition) is 3. The molecule has 0 aliphatic heterocycles. The Morgan fingerprint density at radius 3 is 2.60 bits per heavy atom. The number of hydrogen-bond acceptors (Lipinski definition) is 5. The first kappa shape index (κ1) is 19.7. The van der Waals surface area contributed by atoms with Gasteiger partial charge in [0.25, 0.3) is 5.91 Å². The maximum atomic E-state index is 12.8. The summed E-state index contributed by atoms with van der Waals surface area (Å²) in [6, 6.07) is 14.7. The summed E-state index contributed by atoms with van der Waals surface area (Å²) in [5.41, 5.74) is 2.80. The number of aliphatic hydroxyl groups excluding tert-OH is 1. The van der Waals surface area contributed by atoms with Crippen LogP contribution in [0.4, 0.5) is 11.5 Å². The number of pyridine rings is 2. The van der Waals surface area contributed by atoms with Gasteiger partial charge in [0, 0.05) is 29.4 Å². The highest BCUT2D eigenvalue weighted by atomic mass is 16.3. The van der Waals surface area contributed by atoms with Gasteiger partial charge >= 0.3 is 0 Å². The number of aromatic nitrogens is 2. The zero-order valence-corrected chi connectivity index (χ0v) is 16.3. The Kier molecular flexibility index (Phi) is 5.81. The van der Waals surface area contributed by atoms with Crippen molar-refractivity contribution < 1.29 is 14.7 Å². The van der Waals surface area contributed by atoms with Crippen LogP contribution in [-0.2, 0) is 4.79 Å². The van der Waals surface area contributed by atoms with Crippen LogP contribution >= 0.6 is 0 Å². The molecule has 2 heterocycles. The summed E-state index contributed by atoms with van der Waals surface area (Å²) >= 11 is 0. The van der Waals surface area contributed by atoms with Crippen molar-refractivity contribution in [2.75, 3.05) is 10.6 Å². The largest absolute Gasteiger partial charge is 0.393 e. The summed E-state index contributed by atoms with van der Waals surface area (Å²) in [5, 5.41) is 15.3. The number of carbonyl (C=O) groups is 2. The average Bonchev–Trinajstić information content (AvgIpc) is 3.21. The van der Waals surface area contributed by atoms with E-state index in [1.807, 2.05) is 36.4 Å². The number of rotatable bonds is 5. The molecule has 2 atom stereocenters. The van der Waals surface area contributed by atoms with Gasteiger partial charge in [-0.05, 0) is 43.0 Å². The number of amides is 2. The van der Waals surface area contributed by atoms with Crippen LogP contribution in [0.1, 0.15) is 29.6 Å². The van der Waals surface area contributed by atoms with Crippen molar-refractivity contribution in [3.8, 4) is 11.1 Å². The minimum atomic E-state index is -0.427. The molecule has 152 valence electrons. The summed E-state index contributed by atoms with van der Waals surface area (Å²) in [6.07, 6.45) is 6.07. The van der Waals surface area contributed by atoms with Crippen molar-refractivity contribution in [3.05, 3.63) is 72.7 Å². The number of nitrogens with one attached hydrogen (secondary N) is 2. The van der Waals surface area contributed by atoms with E-state index in [4.69, 9.17) is 0 Å². The first-order chi connectivity index (χ1) is 14.6. The molecule has 1 saturated carbocycles. The fourth-order valence-corrected chi connectivity index (χ4v) is 3.62. The molecule has 7 heteroatoms. The van der Waals surface area contributed by atoms with Crippen LogP contribution < -0.4 is 10.6 Å². The zero-order valence-electron chi connectivity index (χ0n) is 16.3. The third-order valence-corrected chi connectivity index (χ3v) is 5.20. The molecule has 30 heavy (non-hydrogen) atoms. The van der Waals surface area contributed by atoms with Gasteiger partial charge in [0.15, 0.2) is 0 Å². The molecule has 1 aliphatic rings. The predicted octanol–water partition coefficient (Wildman–Crippen LogP) is 3.50. The van der Waals surface area contributed by atoms with Crippen molar-refractivity contribution >= 4 is 23.3 Å². The molecular formula is C23H22N4O3. The Hall–Kier alpha value is -3.58. The van der Waals surface area contributed by atoms with Gasteiger partial charge in [-0.3, -0.25) is 14.6 Å². The number of benzene rings is 1. The lowest BCUT2D eigenvalue weighted by Gasteiger charge is -2.12. The second-order valence-corrected chi connectivity index (χ2v) is 7.32. The predicted molar refractivity (Wildman–Crippen MR) is 114 cm³/mol. The molecule has 2 aromatic heterocycles. The molecular weight excluding hydrogens is 380 g/mol. The van der Waals surface area contributed by atoms with E-state index in [0.29, 0.717) is 36.3 Å². The maximum Gasteiger partial charge on any atom is 0.255 e. The summed E-state index contributed by atoms with van der Waals surface area (Å²) in [7, 11) is 0. The maximum absolute atomic E-state index is 12.8. The van der Waals surface area contributed by atoms with Gasteiger partial charge in [0.05, 0.1) is 18.0 Å². The molecule has 1 aliphatic carbocycles. The zero-order chi connectivity index (χ0) is 20.9. The molecule has 0 bridgehead atoms. The topological polar surface area (TPSA) is 104 Å². The number of anilines is 2. The van der Waals surface area contributed by atoms with E-state index < -0.39 is 6.10 Å². The van der Waals surface area contributed by atoms with Gasteiger partial charge in [-0.15, -0.1) is 0 Å². The van der Waals surface area contributed by atoms with Crippen molar-refractivity contribution in [2.45, 2.75) is 25.4 Å². The third kappa shape index (κ3) is 4.52. The first-order valence-electron chi connectivity index (χ1n) is 9.86. The van der Waals surface area contributed by atoms with Crippen LogP contribution in [0.25, 0.3) is 11.1 Å². The van der Waals surface area contributed by atoms with Crippen molar-refractivity contribution in [2.24, 2.45) is 5.92 Å².